The Morgan fingerprint density at radius 3 is 2.41 bits per heavy atom. The van der Waals surface area contributed by atoms with Crippen molar-refractivity contribution in [2.45, 2.75) is 26.7 Å². The quantitative estimate of drug-likeness (QED) is 0.476. The van der Waals surface area contributed by atoms with Crippen molar-refractivity contribution in [1.29, 1.82) is 0 Å². The first-order valence-electron chi connectivity index (χ1n) is 5.21. The van der Waals surface area contributed by atoms with Crippen LogP contribution < -0.4 is 10.6 Å². The summed E-state index contributed by atoms with van der Waals surface area (Å²) in [4.78, 5) is 33.3. The SMILES string of the molecule is C=CCCNC(=O)NC(=O)CC(C)(C)C(=O)O. The molecule has 0 aliphatic rings. The van der Waals surface area contributed by atoms with E-state index < -0.39 is 23.3 Å². The van der Waals surface area contributed by atoms with Crippen LogP contribution in [0.1, 0.15) is 26.7 Å². The summed E-state index contributed by atoms with van der Waals surface area (Å²) in [5.74, 6) is -1.70. The Kier molecular flexibility index (Phi) is 5.95. The van der Waals surface area contributed by atoms with E-state index in [1.165, 1.54) is 13.8 Å². The van der Waals surface area contributed by atoms with Gasteiger partial charge >= 0.3 is 12.0 Å². The fourth-order valence-corrected chi connectivity index (χ4v) is 0.980. The highest BCUT2D eigenvalue weighted by Crippen LogP contribution is 2.19. The Bertz CT molecular complexity index is 323. The lowest BCUT2D eigenvalue weighted by atomic mass is 9.89. The highest BCUT2D eigenvalue weighted by molar-refractivity contribution is 5.96. The maximum Gasteiger partial charge on any atom is 0.321 e. The highest BCUT2D eigenvalue weighted by Gasteiger charge is 2.30. The van der Waals surface area contributed by atoms with Crippen molar-refractivity contribution in [3.63, 3.8) is 0 Å². The molecule has 0 unspecified atom stereocenters. The number of aliphatic carboxylic acids is 1. The smallest absolute Gasteiger partial charge is 0.321 e. The molecule has 0 aliphatic carbocycles. The summed E-state index contributed by atoms with van der Waals surface area (Å²) in [7, 11) is 0. The monoisotopic (exact) mass is 242 g/mol. The van der Waals surface area contributed by atoms with Crippen molar-refractivity contribution >= 4 is 17.9 Å². The Morgan fingerprint density at radius 1 is 1.35 bits per heavy atom. The van der Waals surface area contributed by atoms with Crippen LogP contribution in [0.15, 0.2) is 12.7 Å². The van der Waals surface area contributed by atoms with Crippen LogP contribution in [-0.4, -0.2) is 29.6 Å². The second-order valence-corrected chi connectivity index (χ2v) is 4.25. The third kappa shape index (κ3) is 6.34. The lowest BCUT2D eigenvalue weighted by Crippen LogP contribution is -2.42. The molecule has 0 saturated heterocycles. The lowest BCUT2D eigenvalue weighted by Gasteiger charge is -2.17. The third-order valence-electron chi connectivity index (χ3n) is 2.07. The van der Waals surface area contributed by atoms with Crippen LogP contribution in [-0.2, 0) is 9.59 Å². The van der Waals surface area contributed by atoms with Crippen molar-refractivity contribution < 1.29 is 19.5 Å². The molecule has 0 atom stereocenters. The van der Waals surface area contributed by atoms with Gasteiger partial charge in [-0.3, -0.25) is 14.9 Å². The van der Waals surface area contributed by atoms with Gasteiger partial charge < -0.3 is 10.4 Å². The summed E-state index contributed by atoms with van der Waals surface area (Å²) in [6.45, 7) is 6.70. The number of rotatable bonds is 6. The lowest BCUT2D eigenvalue weighted by molar-refractivity contribution is -0.149. The zero-order chi connectivity index (χ0) is 13.5. The molecule has 0 aromatic carbocycles. The number of carboxylic acid groups (broad SMARTS) is 1. The number of carbonyl (C=O) groups excluding carboxylic acids is 2. The van der Waals surface area contributed by atoms with Crippen LogP contribution in [0.5, 0.6) is 0 Å². The summed E-state index contributed by atoms with van der Waals surface area (Å²) in [6, 6.07) is -0.627. The first-order valence-corrected chi connectivity index (χ1v) is 5.21. The molecule has 0 rings (SSSR count). The van der Waals surface area contributed by atoms with E-state index in [4.69, 9.17) is 5.11 Å². The van der Waals surface area contributed by atoms with Gasteiger partial charge in [0.2, 0.25) is 5.91 Å². The molecule has 0 aliphatic heterocycles. The van der Waals surface area contributed by atoms with Gasteiger partial charge in [-0.2, -0.15) is 0 Å². The molecule has 0 fully saturated rings. The maximum absolute atomic E-state index is 11.4. The van der Waals surface area contributed by atoms with Gasteiger partial charge in [0.05, 0.1) is 5.41 Å². The van der Waals surface area contributed by atoms with E-state index in [9.17, 15) is 14.4 Å². The van der Waals surface area contributed by atoms with Crippen molar-refractivity contribution in [1.82, 2.24) is 10.6 Å². The molecule has 0 radical (unpaired) electrons. The van der Waals surface area contributed by atoms with E-state index >= 15 is 0 Å². The number of carboxylic acids is 1. The second-order valence-electron chi connectivity index (χ2n) is 4.25. The predicted molar refractivity (Wildman–Crippen MR) is 62.4 cm³/mol. The van der Waals surface area contributed by atoms with Crippen molar-refractivity contribution in [3.05, 3.63) is 12.7 Å². The fraction of sp³-hybridized carbons (Fsp3) is 0.545. The summed E-state index contributed by atoms with van der Waals surface area (Å²) in [6.07, 6.45) is 1.98. The van der Waals surface area contributed by atoms with E-state index in [0.29, 0.717) is 13.0 Å². The summed E-state index contributed by atoms with van der Waals surface area (Å²) in [5, 5.41) is 13.3. The first kappa shape index (κ1) is 15.2. The number of nitrogens with one attached hydrogen (secondary N) is 2. The number of imide groups is 1. The number of hydrogen-bond donors (Lipinski definition) is 3. The van der Waals surface area contributed by atoms with Gasteiger partial charge in [0, 0.05) is 13.0 Å². The summed E-state index contributed by atoms with van der Waals surface area (Å²) >= 11 is 0. The van der Waals surface area contributed by atoms with Gasteiger partial charge in [-0.05, 0) is 20.3 Å². The van der Waals surface area contributed by atoms with Crippen molar-refractivity contribution in [2.75, 3.05) is 6.54 Å². The van der Waals surface area contributed by atoms with Crippen molar-refractivity contribution in [2.24, 2.45) is 5.41 Å². The van der Waals surface area contributed by atoms with E-state index in [1.54, 1.807) is 6.08 Å². The average Bonchev–Trinajstić information content (AvgIpc) is 2.16. The Morgan fingerprint density at radius 2 is 1.94 bits per heavy atom. The van der Waals surface area contributed by atoms with Crippen LogP contribution in [0.25, 0.3) is 0 Å². The second kappa shape index (κ2) is 6.67. The van der Waals surface area contributed by atoms with Gasteiger partial charge in [-0.25, -0.2) is 4.79 Å². The summed E-state index contributed by atoms with van der Waals surface area (Å²) < 4.78 is 0. The molecule has 0 aromatic heterocycles. The van der Waals surface area contributed by atoms with Crippen LogP contribution >= 0.6 is 0 Å². The fourth-order valence-electron chi connectivity index (χ4n) is 0.980. The van der Waals surface area contributed by atoms with Crippen LogP contribution in [0, 0.1) is 5.41 Å². The van der Waals surface area contributed by atoms with Gasteiger partial charge in [0.15, 0.2) is 0 Å². The van der Waals surface area contributed by atoms with E-state index in [-0.39, 0.29) is 6.42 Å². The maximum atomic E-state index is 11.4. The van der Waals surface area contributed by atoms with Crippen LogP contribution in [0.3, 0.4) is 0 Å². The van der Waals surface area contributed by atoms with Gasteiger partial charge in [0.1, 0.15) is 0 Å². The number of amides is 3. The topological polar surface area (TPSA) is 95.5 Å². The number of urea groups is 1. The summed E-state index contributed by atoms with van der Waals surface area (Å²) in [5.41, 5.74) is -1.19. The van der Waals surface area contributed by atoms with E-state index in [0.717, 1.165) is 0 Å². The minimum Gasteiger partial charge on any atom is -0.481 e. The third-order valence-corrected chi connectivity index (χ3v) is 2.07. The molecule has 6 nitrogen and oxygen atoms in total. The zero-order valence-corrected chi connectivity index (χ0v) is 10.1. The van der Waals surface area contributed by atoms with Crippen LogP contribution in [0.4, 0.5) is 4.79 Å². The Balaban J connectivity index is 4.06. The average molecular weight is 242 g/mol. The molecule has 0 spiro atoms. The van der Waals surface area contributed by atoms with Crippen molar-refractivity contribution in [3.8, 4) is 0 Å². The largest absolute Gasteiger partial charge is 0.481 e. The molecule has 0 heterocycles. The number of carbonyl (C=O) groups is 3. The van der Waals surface area contributed by atoms with Gasteiger partial charge in [0.25, 0.3) is 0 Å². The molecule has 3 N–H and O–H groups in total. The molecule has 0 bridgehead atoms. The minimum absolute atomic E-state index is 0.253. The first-order chi connectivity index (χ1) is 7.79. The van der Waals surface area contributed by atoms with Crippen LogP contribution in [0.2, 0.25) is 0 Å². The molecule has 3 amide bonds. The van der Waals surface area contributed by atoms with Gasteiger partial charge in [-0.1, -0.05) is 6.08 Å². The Hall–Kier alpha value is -1.85. The molecule has 0 aromatic rings. The Labute approximate surface area is 100 Å². The zero-order valence-electron chi connectivity index (χ0n) is 10.1. The highest BCUT2D eigenvalue weighted by atomic mass is 16.4. The van der Waals surface area contributed by atoms with E-state index in [1.807, 2.05) is 0 Å². The molecule has 17 heavy (non-hydrogen) atoms. The van der Waals surface area contributed by atoms with Gasteiger partial charge in [-0.15, -0.1) is 6.58 Å². The molecule has 0 saturated carbocycles. The molecular formula is C11H18N2O4. The van der Waals surface area contributed by atoms with E-state index in [2.05, 4.69) is 17.2 Å². The number of hydrogen-bond acceptors (Lipinski definition) is 3. The molecular weight excluding hydrogens is 224 g/mol. The normalized spacial score (nSPS) is 10.5. The minimum atomic E-state index is -1.19. The standard InChI is InChI=1S/C11H18N2O4/c1-4-5-6-12-10(17)13-8(14)7-11(2,3)9(15)16/h4H,1,5-7H2,2-3H3,(H,15,16)(H2,12,13,14,17). The predicted octanol–water partition coefficient (Wildman–Crippen LogP) is 0.889. The molecule has 6 heteroatoms. The molecule has 96 valence electrons.